The maximum Gasteiger partial charge on any atom is 0.271 e. The van der Waals surface area contributed by atoms with E-state index >= 15 is 0 Å². The van der Waals surface area contributed by atoms with Crippen molar-refractivity contribution in [3.05, 3.63) is 63.3 Å². The first kappa shape index (κ1) is 15.7. The summed E-state index contributed by atoms with van der Waals surface area (Å²) >= 11 is 0. The summed E-state index contributed by atoms with van der Waals surface area (Å²) in [6.45, 7) is 3.89. The third kappa shape index (κ3) is 3.10. The SMILES string of the molecule is Cc1cc(C)c2onc(CC(=O)Nc3cccc([N+](=O)[O-])c3)c2c1. The van der Waals surface area contributed by atoms with Crippen LogP contribution in [-0.2, 0) is 11.2 Å². The minimum atomic E-state index is -0.508. The molecule has 0 aliphatic rings. The molecule has 0 aliphatic heterocycles. The molecule has 0 unspecified atom stereocenters. The Labute approximate surface area is 137 Å². The van der Waals surface area contributed by atoms with Gasteiger partial charge in [0.2, 0.25) is 5.91 Å². The van der Waals surface area contributed by atoms with Crippen molar-refractivity contribution >= 4 is 28.3 Å². The van der Waals surface area contributed by atoms with Gasteiger partial charge in [-0.1, -0.05) is 17.3 Å². The van der Waals surface area contributed by atoms with Gasteiger partial charge in [0.15, 0.2) is 5.58 Å². The van der Waals surface area contributed by atoms with Crippen LogP contribution >= 0.6 is 0 Å². The lowest BCUT2D eigenvalue weighted by Gasteiger charge is -2.04. The lowest BCUT2D eigenvalue weighted by Crippen LogP contribution is -2.14. The van der Waals surface area contributed by atoms with Gasteiger partial charge in [-0.15, -0.1) is 0 Å². The molecule has 0 saturated carbocycles. The highest BCUT2D eigenvalue weighted by Gasteiger charge is 2.15. The molecule has 7 heteroatoms. The lowest BCUT2D eigenvalue weighted by atomic mass is 10.1. The number of carbonyl (C=O) groups is 1. The Bertz CT molecular complexity index is 946. The number of anilines is 1. The van der Waals surface area contributed by atoms with Gasteiger partial charge in [0.05, 0.1) is 11.3 Å². The Hall–Kier alpha value is -3.22. The fraction of sp³-hybridized carbons (Fsp3) is 0.176. The van der Waals surface area contributed by atoms with Gasteiger partial charge in [-0.05, 0) is 37.1 Å². The van der Waals surface area contributed by atoms with Gasteiger partial charge in [-0.25, -0.2) is 0 Å². The van der Waals surface area contributed by atoms with E-state index in [0.29, 0.717) is 17.0 Å². The van der Waals surface area contributed by atoms with E-state index in [-0.39, 0.29) is 18.0 Å². The zero-order valence-corrected chi connectivity index (χ0v) is 13.2. The molecule has 1 heterocycles. The van der Waals surface area contributed by atoms with Crippen molar-refractivity contribution in [2.45, 2.75) is 20.3 Å². The molecule has 0 radical (unpaired) electrons. The van der Waals surface area contributed by atoms with Crippen molar-refractivity contribution in [3.63, 3.8) is 0 Å². The van der Waals surface area contributed by atoms with Crippen molar-refractivity contribution < 1.29 is 14.2 Å². The Morgan fingerprint density at radius 2 is 2.08 bits per heavy atom. The normalized spacial score (nSPS) is 10.8. The van der Waals surface area contributed by atoms with E-state index < -0.39 is 4.92 Å². The molecule has 0 saturated heterocycles. The van der Waals surface area contributed by atoms with Gasteiger partial charge in [0, 0.05) is 23.2 Å². The zero-order chi connectivity index (χ0) is 17.3. The number of amides is 1. The van der Waals surface area contributed by atoms with E-state index in [0.717, 1.165) is 16.5 Å². The van der Waals surface area contributed by atoms with Crippen molar-refractivity contribution in [1.29, 1.82) is 0 Å². The molecular weight excluding hydrogens is 310 g/mol. The quantitative estimate of drug-likeness (QED) is 0.584. The number of nitrogens with one attached hydrogen (secondary N) is 1. The molecule has 1 amide bonds. The number of hydrogen-bond acceptors (Lipinski definition) is 5. The van der Waals surface area contributed by atoms with Gasteiger partial charge in [-0.2, -0.15) is 0 Å². The number of hydrogen-bond donors (Lipinski definition) is 1. The predicted octanol–water partition coefficient (Wildman–Crippen LogP) is 3.53. The number of aromatic nitrogens is 1. The van der Waals surface area contributed by atoms with Crippen molar-refractivity contribution in [2.75, 3.05) is 5.32 Å². The molecule has 0 atom stereocenters. The first-order valence-corrected chi connectivity index (χ1v) is 7.34. The van der Waals surface area contributed by atoms with Gasteiger partial charge < -0.3 is 9.84 Å². The van der Waals surface area contributed by atoms with Crippen LogP contribution in [0.1, 0.15) is 16.8 Å². The van der Waals surface area contributed by atoms with Crippen LogP contribution in [0, 0.1) is 24.0 Å². The summed E-state index contributed by atoms with van der Waals surface area (Å²) in [7, 11) is 0. The first-order valence-electron chi connectivity index (χ1n) is 7.34. The Morgan fingerprint density at radius 3 is 2.83 bits per heavy atom. The predicted molar refractivity (Wildman–Crippen MR) is 88.9 cm³/mol. The summed E-state index contributed by atoms with van der Waals surface area (Å²) in [4.78, 5) is 22.5. The van der Waals surface area contributed by atoms with Gasteiger partial charge in [0.1, 0.15) is 5.69 Å². The number of fused-ring (bicyclic) bond motifs is 1. The molecule has 3 aromatic rings. The maximum absolute atomic E-state index is 12.2. The molecular formula is C17H15N3O4. The third-order valence-corrected chi connectivity index (χ3v) is 3.65. The van der Waals surface area contributed by atoms with Gasteiger partial charge in [-0.3, -0.25) is 14.9 Å². The number of benzene rings is 2. The molecule has 0 bridgehead atoms. The van der Waals surface area contributed by atoms with Crippen LogP contribution in [0.25, 0.3) is 11.0 Å². The average molecular weight is 325 g/mol. The Kier molecular flexibility index (Phi) is 3.99. The third-order valence-electron chi connectivity index (χ3n) is 3.65. The van der Waals surface area contributed by atoms with E-state index in [1.54, 1.807) is 6.07 Å². The number of non-ortho nitro benzene ring substituents is 1. The van der Waals surface area contributed by atoms with Crippen LogP contribution in [0.2, 0.25) is 0 Å². The van der Waals surface area contributed by atoms with E-state index in [2.05, 4.69) is 10.5 Å². The Morgan fingerprint density at radius 1 is 1.29 bits per heavy atom. The topological polar surface area (TPSA) is 98.3 Å². The highest BCUT2D eigenvalue weighted by atomic mass is 16.6. The number of aryl methyl sites for hydroxylation is 2. The van der Waals surface area contributed by atoms with Crippen molar-refractivity contribution in [2.24, 2.45) is 0 Å². The summed E-state index contributed by atoms with van der Waals surface area (Å²) in [5, 5.41) is 18.2. The van der Waals surface area contributed by atoms with E-state index in [4.69, 9.17) is 4.52 Å². The first-order chi connectivity index (χ1) is 11.4. The summed E-state index contributed by atoms with van der Waals surface area (Å²) in [5.41, 5.74) is 3.52. The fourth-order valence-electron chi connectivity index (χ4n) is 2.62. The summed E-state index contributed by atoms with van der Waals surface area (Å²) in [6, 6.07) is 9.71. The number of nitrogens with zero attached hydrogens (tertiary/aromatic N) is 2. The van der Waals surface area contributed by atoms with E-state index in [1.807, 2.05) is 26.0 Å². The number of nitro benzene ring substituents is 1. The summed E-state index contributed by atoms with van der Waals surface area (Å²) < 4.78 is 5.32. The molecule has 0 fully saturated rings. The number of carbonyl (C=O) groups excluding carboxylic acids is 1. The molecule has 24 heavy (non-hydrogen) atoms. The Balaban J connectivity index is 1.80. The molecule has 122 valence electrons. The molecule has 0 spiro atoms. The molecule has 1 N–H and O–H groups in total. The van der Waals surface area contributed by atoms with Crippen LogP contribution in [0.4, 0.5) is 11.4 Å². The van der Waals surface area contributed by atoms with Crippen molar-refractivity contribution in [1.82, 2.24) is 5.16 Å². The molecule has 3 rings (SSSR count). The molecule has 0 aliphatic carbocycles. The maximum atomic E-state index is 12.2. The largest absolute Gasteiger partial charge is 0.356 e. The average Bonchev–Trinajstić information content (AvgIpc) is 2.90. The molecule has 7 nitrogen and oxygen atoms in total. The minimum absolute atomic E-state index is 0.0264. The lowest BCUT2D eigenvalue weighted by molar-refractivity contribution is -0.384. The number of nitro groups is 1. The van der Waals surface area contributed by atoms with Crippen LogP contribution in [0.3, 0.4) is 0 Å². The fourth-order valence-corrected chi connectivity index (χ4v) is 2.62. The van der Waals surface area contributed by atoms with E-state index in [9.17, 15) is 14.9 Å². The van der Waals surface area contributed by atoms with Crippen LogP contribution < -0.4 is 5.32 Å². The smallest absolute Gasteiger partial charge is 0.271 e. The van der Waals surface area contributed by atoms with Gasteiger partial charge in [0.25, 0.3) is 5.69 Å². The van der Waals surface area contributed by atoms with Gasteiger partial charge >= 0.3 is 0 Å². The second-order valence-electron chi connectivity index (χ2n) is 5.62. The van der Waals surface area contributed by atoms with Crippen molar-refractivity contribution in [3.8, 4) is 0 Å². The molecule has 1 aromatic heterocycles. The highest BCUT2D eigenvalue weighted by Crippen LogP contribution is 2.24. The molecule has 2 aromatic carbocycles. The highest BCUT2D eigenvalue weighted by molar-refractivity contribution is 5.95. The summed E-state index contributed by atoms with van der Waals surface area (Å²) in [6.07, 6.45) is 0.0264. The second-order valence-corrected chi connectivity index (χ2v) is 5.62. The standard InChI is InChI=1S/C17H15N3O4/c1-10-6-11(2)17-14(7-10)15(19-24-17)9-16(21)18-12-4-3-5-13(8-12)20(22)23/h3-8H,9H2,1-2H3,(H,18,21). The second kappa shape index (κ2) is 6.11. The summed E-state index contributed by atoms with van der Waals surface area (Å²) in [5.74, 6) is -0.315. The van der Waals surface area contributed by atoms with Crippen LogP contribution in [-0.4, -0.2) is 16.0 Å². The minimum Gasteiger partial charge on any atom is -0.356 e. The van der Waals surface area contributed by atoms with Crippen LogP contribution in [0.5, 0.6) is 0 Å². The zero-order valence-electron chi connectivity index (χ0n) is 13.2. The van der Waals surface area contributed by atoms with E-state index in [1.165, 1.54) is 18.2 Å². The van der Waals surface area contributed by atoms with Crippen LogP contribution in [0.15, 0.2) is 40.9 Å². The number of rotatable bonds is 4. The monoisotopic (exact) mass is 325 g/mol.